The van der Waals surface area contributed by atoms with Gasteiger partial charge in [-0.25, -0.2) is 0 Å². The summed E-state index contributed by atoms with van der Waals surface area (Å²) < 4.78 is 2.79. The number of anilines is 1. The quantitative estimate of drug-likeness (QED) is 0.920. The minimum atomic E-state index is 0.676. The smallest absolute Gasteiger partial charge is 0.131 e. The number of nitrogens with one attached hydrogen (secondary N) is 1. The first-order chi connectivity index (χ1) is 8.50. The van der Waals surface area contributed by atoms with Crippen LogP contribution in [0.1, 0.15) is 16.8 Å². The van der Waals surface area contributed by atoms with Crippen LogP contribution in [0.2, 0.25) is 5.15 Å². The largest absolute Gasteiger partial charge is 0.381 e. The van der Waals surface area contributed by atoms with Gasteiger partial charge in [-0.05, 0) is 31.5 Å². The Kier molecular flexibility index (Phi) is 3.97. The summed E-state index contributed by atoms with van der Waals surface area (Å²) in [7, 11) is 1.85. The molecule has 96 valence electrons. The fourth-order valence-electron chi connectivity index (χ4n) is 1.86. The van der Waals surface area contributed by atoms with Gasteiger partial charge in [0.1, 0.15) is 5.15 Å². The Labute approximate surface area is 120 Å². The molecule has 0 spiro atoms. The lowest BCUT2D eigenvalue weighted by atomic mass is 10.2. The third kappa shape index (κ3) is 2.54. The van der Waals surface area contributed by atoms with E-state index in [0.29, 0.717) is 11.7 Å². The molecule has 0 radical (unpaired) electrons. The van der Waals surface area contributed by atoms with E-state index in [0.717, 1.165) is 21.4 Å². The maximum absolute atomic E-state index is 6.20. The lowest BCUT2D eigenvalue weighted by molar-refractivity contribution is 0.757. The topological polar surface area (TPSA) is 29.9 Å². The van der Waals surface area contributed by atoms with Crippen molar-refractivity contribution in [2.24, 2.45) is 7.05 Å². The minimum Gasteiger partial charge on any atom is -0.381 e. The molecule has 0 amide bonds. The first-order valence-electron chi connectivity index (χ1n) is 5.67. The summed E-state index contributed by atoms with van der Waals surface area (Å²) in [5.41, 5.74) is 4.29. The summed E-state index contributed by atoms with van der Waals surface area (Å²) in [5, 5.41) is 8.38. The first-order valence-corrected chi connectivity index (χ1v) is 6.84. The zero-order valence-corrected chi connectivity index (χ0v) is 12.9. The van der Waals surface area contributed by atoms with Crippen LogP contribution in [0.25, 0.3) is 0 Å². The van der Waals surface area contributed by atoms with Crippen LogP contribution in [-0.2, 0) is 13.6 Å². The number of aromatic nitrogens is 2. The van der Waals surface area contributed by atoms with Crippen molar-refractivity contribution in [3.05, 3.63) is 44.6 Å². The molecule has 0 aliphatic rings. The van der Waals surface area contributed by atoms with Gasteiger partial charge in [0.15, 0.2) is 0 Å². The Morgan fingerprint density at radius 3 is 2.72 bits per heavy atom. The normalized spacial score (nSPS) is 10.7. The van der Waals surface area contributed by atoms with Crippen molar-refractivity contribution in [2.45, 2.75) is 20.4 Å². The fraction of sp³-hybridized carbons (Fsp3) is 0.308. The average Bonchev–Trinajstić information content (AvgIpc) is 2.56. The molecule has 1 heterocycles. The number of hydrogen-bond acceptors (Lipinski definition) is 2. The van der Waals surface area contributed by atoms with Crippen LogP contribution in [0.3, 0.4) is 0 Å². The molecular formula is C13H15BrClN3. The SMILES string of the molecule is Cc1nn(C)c(Cl)c1CNc1cccc(Br)c1C. The molecule has 3 nitrogen and oxygen atoms in total. The highest BCUT2D eigenvalue weighted by atomic mass is 79.9. The number of benzene rings is 1. The molecule has 0 aliphatic carbocycles. The zero-order valence-electron chi connectivity index (χ0n) is 10.6. The molecule has 0 unspecified atom stereocenters. The van der Waals surface area contributed by atoms with Crippen molar-refractivity contribution < 1.29 is 0 Å². The molecule has 1 aromatic heterocycles. The summed E-state index contributed by atoms with van der Waals surface area (Å²) in [4.78, 5) is 0. The van der Waals surface area contributed by atoms with E-state index in [-0.39, 0.29) is 0 Å². The number of aryl methyl sites for hydroxylation is 2. The molecule has 0 aliphatic heterocycles. The van der Waals surface area contributed by atoms with Crippen molar-refractivity contribution in [3.8, 4) is 0 Å². The lowest BCUT2D eigenvalue weighted by Crippen LogP contribution is -2.02. The molecule has 1 N–H and O–H groups in total. The number of rotatable bonds is 3. The van der Waals surface area contributed by atoms with E-state index >= 15 is 0 Å². The van der Waals surface area contributed by atoms with Crippen LogP contribution in [0.5, 0.6) is 0 Å². The van der Waals surface area contributed by atoms with Crippen molar-refractivity contribution in [1.29, 1.82) is 0 Å². The van der Waals surface area contributed by atoms with Gasteiger partial charge in [0.25, 0.3) is 0 Å². The van der Waals surface area contributed by atoms with Crippen molar-refractivity contribution in [2.75, 3.05) is 5.32 Å². The number of halogens is 2. The van der Waals surface area contributed by atoms with Gasteiger partial charge in [0.05, 0.1) is 5.69 Å². The van der Waals surface area contributed by atoms with Crippen LogP contribution in [-0.4, -0.2) is 9.78 Å². The lowest BCUT2D eigenvalue weighted by Gasteiger charge is -2.10. The Morgan fingerprint density at radius 2 is 2.11 bits per heavy atom. The van der Waals surface area contributed by atoms with Crippen LogP contribution < -0.4 is 5.32 Å². The average molecular weight is 329 g/mol. The van der Waals surface area contributed by atoms with Crippen LogP contribution >= 0.6 is 27.5 Å². The monoisotopic (exact) mass is 327 g/mol. The summed E-state index contributed by atoms with van der Waals surface area (Å²) in [6, 6.07) is 6.10. The zero-order chi connectivity index (χ0) is 13.3. The Hall–Kier alpha value is -1.000. The predicted molar refractivity (Wildman–Crippen MR) is 79.2 cm³/mol. The molecule has 2 rings (SSSR count). The number of nitrogens with zero attached hydrogens (tertiary/aromatic N) is 2. The van der Waals surface area contributed by atoms with Gasteiger partial charge in [-0.2, -0.15) is 5.10 Å². The molecule has 0 saturated carbocycles. The van der Waals surface area contributed by atoms with Crippen molar-refractivity contribution in [1.82, 2.24) is 9.78 Å². The molecule has 0 bridgehead atoms. The summed E-state index contributed by atoms with van der Waals surface area (Å²) in [6.45, 7) is 4.72. The van der Waals surface area contributed by atoms with Gasteiger partial charge in [-0.1, -0.05) is 33.6 Å². The van der Waals surface area contributed by atoms with Gasteiger partial charge in [-0.3, -0.25) is 4.68 Å². The third-order valence-electron chi connectivity index (χ3n) is 2.99. The van der Waals surface area contributed by atoms with Crippen LogP contribution in [0.4, 0.5) is 5.69 Å². The van der Waals surface area contributed by atoms with Gasteiger partial charge >= 0.3 is 0 Å². The number of hydrogen-bond donors (Lipinski definition) is 1. The van der Waals surface area contributed by atoms with E-state index in [2.05, 4.69) is 39.3 Å². The maximum atomic E-state index is 6.20. The molecule has 2 aromatic rings. The highest BCUT2D eigenvalue weighted by Crippen LogP contribution is 2.25. The van der Waals surface area contributed by atoms with Crippen molar-refractivity contribution >= 4 is 33.2 Å². The molecule has 1 aromatic carbocycles. The molecule has 5 heteroatoms. The highest BCUT2D eigenvalue weighted by molar-refractivity contribution is 9.10. The molecule has 0 saturated heterocycles. The minimum absolute atomic E-state index is 0.676. The standard InChI is InChI=1S/C13H15BrClN3/c1-8-11(14)5-4-6-12(8)16-7-10-9(2)17-18(3)13(10)15/h4-6,16H,7H2,1-3H3. The molecule has 18 heavy (non-hydrogen) atoms. The summed E-state index contributed by atoms with van der Waals surface area (Å²) in [6.07, 6.45) is 0. The second kappa shape index (κ2) is 5.33. The molecular weight excluding hydrogens is 314 g/mol. The van der Waals surface area contributed by atoms with Crippen molar-refractivity contribution in [3.63, 3.8) is 0 Å². The van der Waals surface area contributed by atoms with Crippen LogP contribution in [0, 0.1) is 13.8 Å². The highest BCUT2D eigenvalue weighted by Gasteiger charge is 2.11. The second-order valence-corrected chi connectivity index (χ2v) is 5.46. The second-order valence-electron chi connectivity index (χ2n) is 4.24. The third-order valence-corrected chi connectivity index (χ3v) is 4.33. The van der Waals surface area contributed by atoms with Crippen LogP contribution in [0.15, 0.2) is 22.7 Å². The van der Waals surface area contributed by atoms with Gasteiger partial charge in [-0.15, -0.1) is 0 Å². The Morgan fingerprint density at radius 1 is 1.39 bits per heavy atom. The van der Waals surface area contributed by atoms with Gasteiger partial charge < -0.3 is 5.32 Å². The molecule has 0 fully saturated rings. The van der Waals surface area contributed by atoms with E-state index < -0.39 is 0 Å². The first kappa shape index (κ1) is 13.4. The molecule has 0 atom stereocenters. The van der Waals surface area contributed by atoms with E-state index in [9.17, 15) is 0 Å². The van der Waals surface area contributed by atoms with Gasteiger partial charge in [0, 0.05) is 29.3 Å². The predicted octanol–water partition coefficient (Wildman–Crippen LogP) is 4.06. The van der Waals surface area contributed by atoms with E-state index in [1.54, 1.807) is 4.68 Å². The summed E-state index contributed by atoms with van der Waals surface area (Å²) in [5.74, 6) is 0. The Balaban J connectivity index is 2.19. The van der Waals surface area contributed by atoms with E-state index in [4.69, 9.17) is 11.6 Å². The van der Waals surface area contributed by atoms with Gasteiger partial charge in [0.2, 0.25) is 0 Å². The summed E-state index contributed by atoms with van der Waals surface area (Å²) >= 11 is 9.73. The Bertz CT molecular complexity index is 578. The maximum Gasteiger partial charge on any atom is 0.131 e. The fourth-order valence-corrected chi connectivity index (χ4v) is 2.46. The van der Waals surface area contributed by atoms with E-state index in [1.807, 2.05) is 26.1 Å². The van der Waals surface area contributed by atoms with E-state index in [1.165, 1.54) is 5.56 Å².